The van der Waals surface area contributed by atoms with Crippen molar-refractivity contribution in [1.82, 2.24) is 14.5 Å². The van der Waals surface area contributed by atoms with Crippen molar-refractivity contribution in [3.8, 4) is 0 Å². The van der Waals surface area contributed by atoms with Crippen molar-refractivity contribution in [2.24, 2.45) is 0 Å². The summed E-state index contributed by atoms with van der Waals surface area (Å²) in [6, 6.07) is 2.33. The number of nitrogens with zero attached hydrogens (tertiary/aromatic N) is 3. The van der Waals surface area contributed by atoms with Gasteiger partial charge in [0.05, 0.1) is 18.6 Å². The number of aryl methyl sites for hydroxylation is 1. The summed E-state index contributed by atoms with van der Waals surface area (Å²) in [5.41, 5.74) is 2.57. The highest BCUT2D eigenvalue weighted by Gasteiger charge is 2.26. The zero-order valence-corrected chi connectivity index (χ0v) is 14.9. The van der Waals surface area contributed by atoms with Gasteiger partial charge in [-0.05, 0) is 58.6 Å². The Labute approximate surface area is 150 Å². The molecular weight excluding hydrogens is 316 g/mol. The number of carbonyl (C=O) groups is 1. The molecule has 25 heavy (non-hydrogen) atoms. The molecule has 0 saturated heterocycles. The van der Waals surface area contributed by atoms with Gasteiger partial charge in [0.25, 0.3) is 0 Å². The highest BCUT2D eigenvalue weighted by Crippen LogP contribution is 2.37. The first-order valence-corrected chi connectivity index (χ1v) is 8.62. The van der Waals surface area contributed by atoms with E-state index < -0.39 is 0 Å². The lowest BCUT2D eigenvalue weighted by Crippen LogP contribution is -2.25. The van der Waals surface area contributed by atoms with Gasteiger partial charge in [-0.25, -0.2) is 9.97 Å². The van der Waals surface area contributed by atoms with Crippen LogP contribution >= 0.6 is 0 Å². The molecule has 0 radical (unpaired) electrons. The zero-order chi connectivity index (χ0) is 17.3. The number of aromatic nitrogens is 3. The Balaban J connectivity index is 0.00000225. The second kappa shape index (κ2) is 7.52. The van der Waals surface area contributed by atoms with Gasteiger partial charge < -0.3 is 4.74 Å². The molecule has 1 aliphatic carbocycles. The van der Waals surface area contributed by atoms with Crippen LogP contribution in [0, 0.1) is 6.92 Å². The second-order valence-corrected chi connectivity index (χ2v) is 7.45. The number of anilines is 1. The second-order valence-electron chi connectivity index (χ2n) is 7.45. The van der Waals surface area contributed by atoms with Crippen LogP contribution in [-0.4, -0.2) is 32.7 Å². The van der Waals surface area contributed by atoms with E-state index >= 15 is 0 Å². The van der Waals surface area contributed by atoms with E-state index in [0.717, 1.165) is 29.6 Å². The van der Waals surface area contributed by atoms with Crippen molar-refractivity contribution in [1.29, 1.82) is 0 Å². The number of pyridine rings is 1. The van der Waals surface area contributed by atoms with E-state index in [1.165, 1.54) is 6.42 Å². The summed E-state index contributed by atoms with van der Waals surface area (Å²) in [6.45, 7) is 8.36. The number of rotatable bonds is 5. The quantitative estimate of drug-likeness (QED) is 0.879. The number of hydrogen-bond donors (Lipinski definition) is 1. The first kappa shape index (κ1) is 19.4. The molecule has 0 aromatic carbocycles. The maximum atomic E-state index is 12.3. The van der Waals surface area contributed by atoms with Gasteiger partial charge in [-0.3, -0.25) is 14.7 Å². The van der Waals surface area contributed by atoms with Crippen LogP contribution in [0.25, 0.3) is 11.2 Å². The van der Waals surface area contributed by atoms with E-state index in [9.17, 15) is 4.79 Å². The maximum absolute atomic E-state index is 12.3. The molecule has 0 atom stereocenters. The third-order valence-corrected chi connectivity index (χ3v) is 4.34. The molecule has 1 N–H and O–H groups in total. The molecule has 1 amide bonds. The standard InChI is InChI=1S/C18H26N4O2.CH4/c1-12-8-10-19-16-15(12)21-17(22(16)13-6-5-7-13)20-14(23)9-11-24-18(2,3)4;/h8,10,13H,5-7,9,11H2,1-4H3,(H,20,21,23);1H4. The molecule has 1 aliphatic rings. The number of fused-ring (bicyclic) bond motifs is 1. The third kappa shape index (κ3) is 4.37. The predicted octanol–water partition coefficient (Wildman–Crippen LogP) is 4.24. The Morgan fingerprint density at radius 1 is 1.40 bits per heavy atom. The van der Waals surface area contributed by atoms with Gasteiger partial charge in [-0.15, -0.1) is 0 Å². The zero-order valence-electron chi connectivity index (χ0n) is 14.9. The fourth-order valence-corrected chi connectivity index (χ4v) is 2.83. The smallest absolute Gasteiger partial charge is 0.229 e. The Hall–Kier alpha value is -1.95. The maximum Gasteiger partial charge on any atom is 0.229 e. The van der Waals surface area contributed by atoms with E-state index in [1.807, 2.05) is 33.8 Å². The van der Waals surface area contributed by atoms with Gasteiger partial charge >= 0.3 is 0 Å². The van der Waals surface area contributed by atoms with Crippen LogP contribution in [0.4, 0.5) is 5.95 Å². The molecule has 1 fully saturated rings. The van der Waals surface area contributed by atoms with E-state index in [0.29, 0.717) is 25.0 Å². The van der Waals surface area contributed by atoms with E-state index in [-0.39, 0.29) is 18.9 Å². The summed E-state index contributed by atoms with van der Waals surface area (Å²) in [5.74, 6) is 0.532. The molecule has 138 valence electrons. The molecule has 2 heterocycles. The van der Waals surface area contributed by atoms with Gasteiger partial charge in [0, 0.05) is 12.2 Å². The Morgan fingerprint density at radius 3 is 2.72 bits per heavy atom. The van der Waals surface area contributed by atoms with Crippen molar-refractivity contribution in [3.63, 3.8) is 0 Å². The lowest BCUT2D eigenvalue weighted by molar-refractivity contribution is -0.118. The van der Waals surface area contributed by atoms with Crippen molar-refractivity contribution < 1.29 is 9.53 Å². The van der Waals surface area contributed by atoms with E-state index in [1.54, 1.807) is 6.20 Å². The minimum atomic E-state index is -0.236. The van der Waals surface area contributed by atoms with Gasteiger partial charge in [0.15, 0.2) is 5.65 Å². The van der Waals surface area contributed by atoms with Crippen LogP contribution < -0.4 is 5.32 Å². The van der Waals surface area contributed by atoms with Crippen LogP contribution in [0.2, 0.25) is 0 Å². The monoisotopic (exact) mass is 346 g/mol. The largest absolute Gasteiger partial charge is 0.375 e. The normalized spacial score (nSPS) is 14.9. The number of nitrogens with one attached hydrogen (secondary N) is 1. The number of hydrogen-bond acceptors (Lipinski definition) is 4. The Kier molecular flexibility index (Phi) is 5.83. The minimum Gasteiger partial charge on any atom is -0.375 e. The summed E-state index contributed by atoms with van der Waals surface area (Å²) in [7, 11) is 0. The molecule has 6 nitrogen and oxygen atoms in total. The summed E-state index contributed by atoms with van der Waals surface area (Å²) < 4.78 is 7.72. The minimum absolute atomic E-state index is 0. The van der Waals surface area contributed by atoms with Gasteiger partial charge in [0.2, 0.25) is 11.9 Å². The van der Waals surface area contributed by atoms with Crippen LogP contribution in [0.5, 0.6) is 0 Å². The fourth-order valence-electron chi connectivity index (χ4n) is 2.83. The van der Waals surface area contributed by atoms with E-state index in [4.69, 9.17) is 4.74 Å². The van der Waals surface area contributed by atoms with Crippen LogP contribution in [-0.2, 0) is 9.53 Å². The van der Waals surface area contributed by atoms with Crippen molar-refractivity contribution >= 4 is 23.0 Å². The number of imidazole rings is 1. The van der Waals surface area contributed by atoms with Gasteiger partial charge in [0.1, 0.15) is 5.52 Å². The summed E-state index contributed by atoms with van der Waals surface area (Å²) in [6.07, 6.45) is 5.55. The lowest BCUT2D eigenvalue weighted by Gasteiger charge is -2.28. The van der Waals surface area contributed by atoms with Crippen LogP contribution in [0.15, 0.2) is 12.3 Å². The lowest BCUT2D eigenvalue weighted by atomic mass is 9.93. The topological polar surface area (TPSA) is 69.0 Å². The first-order valence-electron chi connectivity index (χ1n) is 8.62. The Morgan fingerprint density at radius 2 is 2.12 bits per heavy atom. The number of amides is 1. The SMILES string of the molecule is C.Cc1ccnc2c1nc(NC(=O)CCOC(C)(C)C)n2C1CCC1. The Bertz CT molecular complexity index is 742. The predicted molar refractivity (Wildman–Crippen MR) is 101 cm³/mol. The van der Waals surface area contributed by atoms with Gasteiger partial charge in [-0.2, -0.15) is 0 Å². The molecular formula is C19H30N4O2. The van der Waals surface area contributed by atoms with Crippen molar-refractivity contribution in [2.75, 3.05) is 11.9 Å². The van der Waals surface area contributed by atoms with Crippen LogP contribution in [0.3, 0.4) is 0 Å². The van der Waals surface area contributed by atoms with Crippen molar-refractivity contribution in [2.45, 2.75) is 72.4 Å². The number of carbonyl (C=O) groups excluding carboxylic acids is 1. The molecule has 0 unspecified atom stereocenters. The molecule has 6 heteroatoms. The summed E-state index contributed by atoms with van der Waals surface area (Å²) in [5, 5.41) is 2.96. The molecule has 3 rings (SSSR count). The highest BCUT2D eigenvalue weighted by molar-refractivity contribution is 5.91. The third-order valence-electron chi connectivity index (χ3n) is 4.34. The highest BCUT2D eigenvalue weighted by atomic mass is 16.5. The fraction of sp³-hybridized carbons (Fsp3) is 0.632. The number of ether oxygens (including phenoxy) is 1. The first-order chi connectivity index (χ1) is 11.3. The van der Waals surface area contributed by atoms with Crippen molar-refractivity contribution in [3.05, 3.63) is 17.8 Å². The molecule has 0 aliphatic heterocycles. The van der Waals surface area contributed by atoms with E-state index in [2.05, 4.69) is 19.9 Å². The summed E-state index contributed by atoms with van der Waals surface area (Å²) in [4.78, 5) is 21.4. The average molecular weight is 346 g/mol. The molecule has 0 spiro atoms. The molecule has 0 bridgehead atoms. The van der Waals surface area contributed by atoms with Crippen LogP contribution in [0.1, 0.15) is 65.5 Å². The molecule has 2 aromatic heterocycles. The average Bonchev–Trinajstić information content (AvgIpc) is 2.76. The molecule has 2 aromatic rings. The van der Waals surface area contributed by atoms with Gasteiger partial charge in [-0.1, -0.05) is 7.43 Å². The molecule has 1 saturated carbocycles. The summed E-state index contributed by atoms with van der Waals surface area (Å²) >= 11 is 0.